The van der Waals surface area contributed by atoms with Crippen molar-refractivity contribution < 1.29 is 14.3 Å². The highest BCUT2D eigenvalue weighted by molar-refractivity contribution is 8.00. The van der Waals surface area contributed by atoms with Gasteiger partial charge in [0, 0.05) is 21.3 Å². The standard InChI is InChI=1S/C18H17Cl2NO3S/c1-12-4-2-5-13(8-12)21-17(22)10-25-11-18(23)24-9-14-15(19)6-3-7-16(14)20/h2-8H,9-11H2,1H3,(H,21,22). The van der Waals surface area contributed by atoms with E-state index < -0.39 is 5.97 Å². The molecule has 0 atom stereocenters. The van der Waals surface area contributed by atoms with Gasteiger partial charge in [-0.1, -0.05) is 41.4 Å². The lowest BCUT2D eigenvalue weighted by Crippen LogP contribution is -2.16. The van der Waals surface area contributed by atoms with Gasteiger partial charge in [-0.05, 0) is 36.8 Å². The summed E-state index contributed by atoms with van der Waals surface area (Å²) in [6.07, 6.45) is 0. The third kappa shape index (κ3) is 6.61. The fourth-order valence-electron chi connectivity index (χ4n) is 2.01. The molecular weight excluding hydrogens is 381 g/mol. The number of esters is 1. The predicted molar refractivity (Wildman–Crippen MR) is 103 cm³/mol. The molecule has 2 aromatic carbocycles. The van der Waals surface area contributed by atoms with E-state index in [1.807, 2.05) is 31.2 Å². The number of hydrogen-bond donors (Lipinski definition) is 1. The number of carbonyl (C=O) groups is 2. The van der Waals surface area contributed by atoms with Crippen molar-refractivity contribution >= 4 is 52.5 Å². The first-order valence-corrected chi connectivity index (χ1v) is 9.39. The van der Waals surface area contributed by atoms with Gasteiger partial charge < -0.3 is 10.1 Å². The number of aryl methyl sites for hydroxylation is 1. The minimum atomic E-state index is -0.427. The minimum Gasteiger partial charge on any atom is -0.460 e. The second-order valence-corrected chi connectivity index (χ2v) is 7.07. The van der Waals surface area contributed by atoms with Gasteiger partial charge in [0.1, 0.15) is 6.61 Å². The number of benzene rings is 2. The van der Waals surface area contributed by atoms with Crippen LogP contribution >= 0.6 is 35.0 Å². The summed E-state index contributed by atoms with van der Waals surface area (Å²) < 4.78 is 5.15. The van der Waals surface area contributed by atoms with Gasteiger partial charge in [0.05, 0.1) is 11.5 Å². The topological polar surface area (TPSA) is 55.4 Å². The molecular formula is C18H17Cl2NO3S. The van der Waals surface area contributed by atoms with Gasteiger partial charge in [-0.3, -0.25) is 9.59 Å². The molecule has 0 saturated carbocycles. The average molecular weight is 398 g/mol. The van der Waals surface area contributed by atoms with Crippen LogP contribution in [0.2, 0.25) is 10.0 Å². The molecule has 25 heavy (non-hydrogen) atoms. The number of halogens is 2. The Morgan fingerprint density at radius 1 is 1.08 bits per heavy atom. The third-order valence-corrected chi connectivity index (χ3v) is 4.81. The van der Waals surface area contributed by atoms with Gasteiger partial charge in [-0.25, -0.2) is 0 Å². The second-order valence-electron chi connectivity index (χ2n) is 5.27. The van der Waals surface area contributed by atoms with Crippen molar-refractivity contribution in [2.24, 2.45) is 0 Å². The summed E-state index contributed by atoms with van der Waals surface area (Å²) in [5, 5.41) is 3.68. The smallest absolute Gasteiger partial charge is 0.316 e. The molecule has 2 aromatic rings. The summed E-state index contributed by atoms with van der Waals surface area (Å²) in [7, 11) is 0. The summed E-state index contributed by atoms with van der Waals surface area (Å²) in [5.74, 6) is -0.360. The highest BCUT2D eigenvalue weighted by atomic mass is 35.5. The van der Waals surface area contributed by atoms with Crippen LogP contribution in [0.25, 0.3) is 0 Å². The van der Waals surface area contributed by atoms with E-state index in [4.69, 9.17) is 27.9 Å². The second kappa shape index (κ2) is 9.70. The Bertz CT molecular complexity index is 747. The van der Waals surface area contributed by atoms with Crippen LogP contribution in [-0.2, 0) is 20.9 Å². The van der Waals surface area contributed by atoms with E-state index in [0.717, 1.165) is 11.3 Å². The Balaban J connectivity index is 1.70. The normalized spacial score (nSPS) is 10.4. The van der Waals surface area contributed by atoms with Crippen LogP contribution in [0, 0.1) is 6.92 Å². The molecule has 0 radical (unpaired) electrons. The van der Waals surface area contributed by atoms with Gasteiger partial charge in [0.25, 0.3) is 0 Å². The summed E-state index contributed by atoms with van der Waals surface area (Å²) >= 11 is 13.2. The monoisotopic (exact) mass is 397 g/mol. The van der Waals surface area contributed by atoms with Crippen molar-refractivity contribution in [2.45, 2.75) is 13.5 Å². The molecule has 4 nitrogen and oxygen atoms in total. The van der Waals surface area contributed by atoms with Crippen molar-refractivity contribution in [2.75, 3.05) is 16.8 Å². The molecule has 0 aromatic heterocycles. The van der Waals surface area contributed by atoms with Crippen LogP contribution in [0.3, 0.4) is 0 Å². The molecule has 0 aliphatic rings. The first kappa shape index (κ1) is 19.6. The van der Waals surface area contributed by atoms with Crippen LogP contribution in [0.5, 0.6) is 0 Å². The van der Waals surface area contributed by atoms with Gasteiger partial charge in [0.2, 0.25) is 5.91 Å². The number of thioether (sulfide) groups is 1. The Hall–Kier alpha value is -1.69. The zero-order valence-electron chi connectivity index (χ0n) is 13.6. The van der Waals surface area contributed by atoms with E-state index in [1.165, 1.54) is 11.8 Å². The molecule has 7 heteroatoms. The van der Waals surface area contributed by atoms with E-state index in [-0.39, 0.29) is 24.0 Å². The zero-order valence-corrected chi connectivity index (χ0v) is 15.9. The minimum absolute atomic E-state index is 0.00733. The van der Waals surface area contributed by atoms with Crippen LogP contribution in [-0.4, -0.2) is 23.4 Å². The molecule has 0 spiro atoms. The Labute approximate surface area is 160 Å². The van der Waals surface area contributed by atoms with E-state index in [0.29, 0.717) is 15.6 Å². The van der Waals surface area contributed by atoms with Crippen molar-refractivity contribution in [3.63, 3.8) is 0 Å². The Morgan fingerprint density at radius 2 is 1.76 bits per heavy atom. The molecule has 0 saturated heterocycles. The van der Waals surface area contributed by atoms with Gasteiger partial charge in [0.15, 0.2) is 0 Å². The summed E-state index contributed by atoms with van der Waals surface area (Å²) in [6, 6.07) is 12.6. The number of hydrogen-bond acceptors (Lipinski definition) is 4. The van der Waals surface area contributed by atoms with Crippen molar-refractivity contribution in [1.82, 2.24) is 0 Å². The Kier molecular flexibility index (Phi) is 7.62. The lowest BCUT2D eigenvalue weighted by atomic mass is 10.2. The molecule has 1 N–H and O–H groups in total. The molecule has 0 fully saturated rings. The third-order valence-electron chi connectivity index (χ3n) is 3.19. The van der Waals surface area contributed by atoms with Crippen molar-refractivity contribution in [3.05, 3.63) is 63.6 Å². The maximum Gasteiger partial charge on any atom is 0.316 e. The van der Waals surface area contributed by atoms with Gasteiger partial charge in [-0.2, -0.15) is 0 Å². The maximum absolute atomic E-state index is 11.9. The van der Waals surface area contributed by atoms with E-state index >= 15 is 0 Å². The quantitative estimate of drug-likeness (QED) is 0.686. The molecule has 0 bridgehead atoms. The SMILES string of the molecule is Cc1cccc(NC(=O)CSCC(=O)OCc2c(Cl)cccc2Cl)c1. The Morgan fingerprint density at radius 3 is 2.44 bits per heavy atom. The molecule has 2 rings (SSSR count). The molecule has 0 aliphatic heterocycles. The number of nitrogens with one attached hydrogen (secondary N) is 1. The number of amides is 1. The molecule has 0 aliphatic carbocycles. The first-order valence-electron chi connectivity index (χ1n) is 7.48. The first-order chi connectivity index (χ1) is 12.0. The van der Waals surface area contributed by atoms with E-state index in [2.05, 4.69) is 5.32 Å². The maximum atomic E-state index is 11.9. The lowest BCUT2D eigenvalue weighted by Gasteiger charge is -2.08. The fraction of sp³-hybridized carbons (Fsp3) is 0.222. The van der Waals surface area contributed by atoms with Crippen LogP contribution in [0.4, 0.5) is 5.69 Å². The van der Waals surface area contributed by atoms with Crippen LogP contribution in [0.1, 0.15) is 11.1 Å². The fourth-order valence-corrected chi connectivity index (χ4v) is 3.13. The number of ether oxygens (including phenoxy) is 1. The number of rotatable bonds is 7. The molecule has 132 valence electrons. The van der Waals surface area contributed by atoms with Crippen LogP contribution in [0.15, 0.2) is 42.5 Å². The zero-order chi connectivity index (χ0) is 18.2. The highest BCUT2D eigenvalue weighted by Crippen LogP contribution is 2.25. The largest absolute Gasteiger partial charge is 0.460 e. The van der Waals surface area contributed by atoms with Crippen molar-refractivity contribution in [3.8, 4) is 0 Å². The number of carbonyl (C=O) groups excluding carboxylic acids is 2. The van der Waals surface area contributed by atoms with Crippen LogP contribution < -0.4 is 5.32 Å². The van der Waals surface area contributed by atoms with Gasteiger partial charge in [-0.15, -0.1) is 11.8 Å². The van der Waals surface area contributed by atoms with Crippen molar-refractivity contribution in [1.29, 1.82) is 0 Å². The summed E-state index contributed by atoms with van der Waals surface area (Å²) in [4.78, 5) is 23.6. The average Bonchev–Trinajstić information content (AvgIpc) is 2.54. The van der Waals surface area contributed by atoms with E-state index in [9.17, 15) is 9.59 Å². The molecule has 0 heterocycles. The van der Waals surface area contributed by atoms with Gasteiger partial charge >= 0.3 is 5.97 Å². The predicted octanol–water partition coefficient (Wildman–Crippen LogP) is 4.72. The lowest BCUT2D eigenvalue weighted by molar-refractivity contribution is -0.141. The summed E-state index contributed by atoms with van der Waals surface area (Å²) in [6.45, 7) is 1.96. The van der Waals surface area contributed by atoms with E-state index in [1.54, 1.807) is 18.2 Å². The molecule has 1 amide bonds. The summed E-state index contributed by atoms with van der Waals surface area (Å²) in [5.41, 5.74) is 2.37. The molecule has 0 unspecified atom stereocenters. The highest BCUT2D eigenvalue weighted by Gasteiger charge is 2.10. The number of anilines is 1.